The van der Waals surface area contributed by atoms with Gasteiger partial charge in [0.05, 0.1) is 15.1 Å². The molecule has 3 atom stereocenters. The Balaban J connectivity index is 0.000000948. The number of allylic oxidation sites excluding steroid dienone is 2. The number of thiol groups is 1. The number of hydrogen-bond acceptors (Lipinski definition) is 8. The largest absolute Gasteiger partial charge is 0.477 e. The summed E-state index contributed by atoms with van der Waals surface area (Å²) < 4.78 is 6.99. The number of rotatable bonds is 1. The van der Waals surface area contributed by atoms with Gasteiger partial charge in [-0.2, -0.15) is 5.26 Å². The highest BCUT2D eigenvalue weighted by molar-refractivity contribution is 8.26. The fraction of sp³-hybridized carbons (Fsp3) is 0.333. The van der Waals surface area contributed by atoms with Crippen LogP contribution in [0.25, 0.3) is 5.57 Å². The van der Waals surface area contributed by atoms with Crippen LogP contribution in [-0.4, -0.2) is 31.7 Å². The van der Waals surface area contributed by atoms with Gasteiger partial charge in [0.2, 0.25) is 0 Å². The van der Waals surface area contributed by atoms with E-state index in [4.69, 9.17) is 4.74 Å². The summed E-state index contributed by atoms with van der Waals surface area (Å²) in [4.78, 5) is 12.0. The summed E-state index contributed by atoms with van der Waals surface area (Å²) in [5.74, 6) is 0.840. The quantitative estimate of drug-likeness (QED) is 0.553. The number of nitriles is 1. The average molecular weight is 403 g/mol. The lowest BCUT2D eigenvalue weighted by atomic mass is 10.2. The van der Waals surface area contributed by atoms with E-state index >= 15 is 0 Å². The van der Waals surface area contributed by atoms with Gasteiger partial charge >= 0.3 is 0 Å². The van der Waals surface area contributed by atoms with E-state index in [2.05, 4.69) is 33.7 Å². The van der Waals surface area contributed by atoms with E-state index in [0.29, 0.717) is 5.57 Å². The fourth-order valence-corrected chi connectivity index (χ4v) is 5.70. The number of aliphatic imine (C=N–C) groups is 1. The number of ether oxygens (including phenoxy) is 1. The molecule has 0 saturated carbocycles. The van der Waals surface area contributed by atoms with Crippen molar-refractivity contribution in [3.05, 3.63) is 52.0 Å². The molecular formula is C18H18N4OS3. The van der Waals surface area contributed by atoms with Crippen LogP contribution in [0.2, 0.25) is 0 Å². The normalized spacial score (nSPS) is 30.4. The Hall–Kier alpha value is -1.69. The van der Waals surface area contributed by atoms with E-state index in [1.807, 2.05) is 39.1 Å². The lowest BCUT2D eigenvalue weighted by Crippen LogP contribution is -2.14. The Labute approximate surface area is 167 Å². The van der Waals surface area contributed by atoms with Gasteiger partial charge in [0.1, 0.15) is 23.0 Å². The summed E-state index contributed by atoms with van der Waals surface area (Å²) in [7, 11) is 0. The average Bonchev–Trinajstić information content (AvgIpc) is 3.15. The minimum Gasteiger partial charge on any atom is -0.477 e. The number of hydrogen-bond donors (Lipinski definition) is 1. The van der Waals surface area contributed by atoms with Crippen molar-refractivity contribution in [2.24, 2.45) is 4.99 Å². The van der Waals surface area contributed by atoms with E-state index < -0.39 is 4.87 Å². The first kappa shape index (κ1) is 19.1. The maximum Gasteiger partial charge on any atom is 0.165 e. The van der Waals surface area contributed by atoms with Crippen LogP contribution in [0, 0.1) is 11.3 Å². The highest BCUT2D eigenvalue weighted by Crippen LogP contribution is 2.56. The molecule has 26 heavy (non-hydrogen) atoms. The Kier molecular flexibility index (Phi) is 5.80. The SMILES string of the molecule is CC.CC1(S)C=CC2=C(C=N1)C1S/C(=C(\C#N)c3cncnc3)SC1O2. The Morgan fingerprint density at radius 3 is 2.73 bits per heavy atom. The zero-order valence-electron chi connectivity index (χ0n) is 14.6. The van der Waals surface area contributed by atoms with E-state index in [0.717, 1.165) is 21.1 Å². The van der Waals surface area contributed by atoms with Crippen molar-refractivity contribution in [2.45, 2.75) is 36.3 Å². The molecule has 3 unspecified atom stereocenters. The van der Waals surface area contributed by atoms with Gasteiger partial charge in [0, 0.05) is 29.7 Å². The second-order valence-electron chi connectivity index (χ2n) is 5.55. The third kappa shape index (κ3) is 3.70. The standard InChI is InChI=1S/C16H12N4OS3.C2H6/c1-16(22)3-2-12-11(7-20-16)13-14(21-12)24-15(23-13)10(4-17)9-5-18-8-19-6-9;1-2/h2-3,5-8,13-14,22H,1H3;1-2H3/b15-10-;. The monoisotopic (exact) mass is 402 g/mol. The molecule has 0 amide bonds. The molecule has 1 aromatic rings. The van der Waals surface area contributed by atoms with Crippen molar-refractivity contribution in [3.63, 3.8) is 0 Å². The van der Waals surface area contributed by atoms with Crippen LogP contribution in [0.5, 0.6) is 0 Å². The highest BCUT2D eigenvalue weighted by atomic mass is 32.2. The van der Waals surface area contributed by atoms with Gasteiger partial charge in [0.15, 0.2) is 5.44 Å². The van der Waals surface area contributed by atoms with Crippen LogP contribution >= 0.6 is 36.2 Å². The molecule has 4 rings (SSSR count). The molecule has 1 fully saturated rings. The topological polar surface area (TPSA) is 71.2 Å². The molecule has 1 saturated heterocycles. The van der Waals surface area contributed by atoms with Crippen molar-refractivity contribution >= 4 is 47.9 Å². The van der Waals surface area contributed by atoms with Crippen molar-refractivity contribution < 1.29 is 4.74 Å². The molecule has 5 nitrogen and oxygen atoms in total. The third-order valence-corrected chi connectivity index (χ3v) is 6.93. The molecule has 0 aliphatic carbocycles. The molecule has 0 aromatic carbocycles. The van der Waals surface area contributed by atoms with Crippen LogP contribution < -0.4 is 0 Å². The summed E-state index contributed by atoms with van der Waals surface area (Å²) in [6.45, 7) is 5.92. The maximum atomic E-state index is 9.56. The van der Waals surface area contributed by atoms with E-state index in [9.17, 15) is 5.26 Å². The predicted octanol–water partition coefficient (Wildman–Crippen LogP) is 4.44. The number of nitrogens with zero attached hydrogens (tertiary/aromatic N) is 4. The molecule has 134 valence electrons. The molecule has 0 radical (unpaired) electrons. The van der Waals surface area contributed by atoms with Gasteiger partial charge in [-0.1, -0.05) is 25.6 Å². The molecule has 0 spiro atoms. The second-order valence-corrected chi connectivity index (χ2v) is 8.97. The molecule has 1 aromatic heterocycles. The zero-order chi connectivity index (χ0) is 18.7. The highest BCUT2D eigenvalue weighted by Gasteiger charge is 2.44. The van der Waals surface area contributed by atoms with Crippen LogP contribution in [0.4, 0.5) is 0 Å². The van der Waals surface area contributed by atoms with Crippen LogP contribution in [0.15, 0.2) is 51.4 Å². The third-order valence-electron chi connectivity index (χ3n) is 3.72. The van der Waals surface area contributed by atoms with Gasteiger partial charge in [-0.15, -0.1) is 24.4 Å². The van der Waals surface area contributed by atoms with Crippen LogP contribution in [0.1, 0.15) is 26.3 Å². The van der Waals surface area contributed by atoms with Crippen LogP contribution in [-0.2, 0) is 4.74 Å². The van der Waals surface area contributed by atoms with Crippen molar-refractivity contribution in [3.8, 4) is 6.07 Å². The second kappa shape index (κ2) is 7.91. The smallest absolute Gasteiger partial charge is 0.165 e. The van der Waals surface area contributed by atoms with E-state index in [1.165, 1.54) is 6.33 Å². The van der Waals surface area contributed by atoms with E-state index in [-0.39, 0.29) is 10.7 Å². The van der Waals surface area contributed by atoms with Crippen molar-refractivity contribution in [2.75, 3.05) is 0 Å². The lowest BCUT2D eigenvalue weighted by Gasteiger charge is -2.13. The molecule has 0 bridgehead atoms. The van der Waals surface area contributed by atoms with Gasteiger partial charge in [-0.05, 0) is 19.1 Å². The fourth-order valence-electron chi connectivity index (χ4n) is 2.52. The molecule has 3 aliphatic rings. The first-order chi connectivity index (χ1) is 12.6. The summed E-state index contributed by atoms with van der Waals surface area (Å²) in [6, 6.07) is 2.27. The summed E-state index contributed by atoms with van der Waals surface area (Å²) in [5.41, 5.74) is 2.30. The van der Waals surface area contributed by atoms with Gasteiger partial charge < -0.3 is 4.74 Å². The number of fused-ring (bicyclic) bond motifs is 2. The Morgan fingerprint density at radius 1 is 1.31 bits per heavy atom. The van der Waals surface area contributed by atoms with Gasteiger partial charge in [-0.25, -0.2) is 9.97 Å². The Bertz CT molecular complexity index is 853. The summed E-state index contributed by atoms with van der Waals surface area (Å²) in [5, 5.41) is 9.67. The first-order valence-corrected chi connectivity index (χ1v) is 10.4. The number of thioether (sulfide) groups is 2. The van der Waals surface area contributed by atoms with Crippen molar-refractivity contribution in [1.82, 2.24) is 9.97 Å². The molecule has 3 aliphatic heterocycles. The molecule has 4 heterocycles. The Morgan fingerprint density at radius 2 is 2.04 bits per heavy atom. The predicted molar refractivity (Wildman–Crippen MR) is 112 cm³/mol. The summed E-state index contributed by atoms with van der Waals surface area (Å²) in [6.07, 6.45) is 10.5. The molecular weight excluding hydrogens is 384 g/mol. The maximum absolute atomic E-state index is 9.56. The van der Waals surface area contributed by atoms with E-state index in [1.54, 1.807) is 35.9 Å². The number of aromatic nitrogens is 2. The zero-order valence-corrected chi connectivity index (χ0v) is 17.1. The molecule has 0 N–H and O–H groups in total. The molecule has 8 heteroatoms. The van der Waals surface area contributed by atoms with Crippen LogP contribution in [0.3, 0.4) is 0 Å². The van der Waals surface area contributed by atoms with Gasteiger partial charge in [-0.3, -0.25) is 4.99 Å². The first-order valence-electron chi connectivity index (χ1n) is 8.18. The lowest BCUT2D eigenvalue weighted by molar-refractivity contribution is 0.232. The van der Waals surface area contributed by atoms with Crippen molar-refractivity contribution in [1.29, 1.82) is 5.26 Å². The minimum absolute atomic E-state index is 0.0524. The minimum atomic E-state index is -0.530. The summed E-state index contributed by atoms with van der Waals surface area (Å²) >= 11 is 7.70. The van der Waals surface area contributed by atoms with Gasteiger partial charge in [0.25, 0.3) is 0 Å².